The molecule has 2 N–H and O–H groups in total. The maximum atomic E-state index is 11.6. The Morgan fingerprint density at radius 2 is 1.80 bits per heavy atom. The SMILES string of the molecule is CC=C(C)C=C/C=C1/N(CCCCS(=O)(=O)O)c2ccc(S(=O)(=O)O)cc2C1(C)C. The van der Waals surface area contributed by atoms with Crippen molar-refractivity contribution < 1.29 is 25.9 Å². The van der Waals surface area contributed by atoms with Crippen molar-refractivity contribution in [2.24, 2.45) is 0 Å². The summed E-state index contributed by atoms with van der Waals surface area (Å²) < 4.78 is 63.6. The van der Waals surface area contributed by atoms with Crippen LogP contribution in [0.1, 0.15) is 46.1 Å². The molecule has 0 radical (unpaired) electrons. The van der Waals surface area contributed by atoms with Gasteiger partial charge in [-0.1, -0.05) is 37.6 Å². The fraction of sp³-hybridized carbons (Fsp3) is 0.429. The molecule has 0 saturated carbocycles. The molecule has 0 unspecified atom stereocenters. The van der Waals surface area contributed by atoms with E-state index in [1.807, 2.05) is 56.9 Å². The highest BCUT2D eigenvalue weighted by molar-refractivity contribution is 7.86. The number of anilines is 1. The van der Waals surface area contributed by atoms with E-state index >= 15 is 0 Å². The molecule has 0 bridgehead atoms. The second kappa shape index (κ2) is 9.05. The van der Waals surface area contributed by atoms with Gasteiger partial charge in [0.2, 0.25) is 0 Å². The molecule has 0 amide bonds. The minimum Gasteiger partial charge on any atom is -0.344 e. The van der Waals surface area contributed by atoms with Gasteiger partial charge < -0.3 is 4.90 Å². The Morgan fingerprint density at radius 3 is 2.37 bits per heavy atom. The number of allylic oxidation sites excluding steroid dienone is 6. The highest BCUT2D eigenvalue weighted by Crippen LogP contribution is 2.48. The third-order valence-corrected chi connectivity index (χ3v) is 6.92. The quantitative estimate of drug-likeness (QED) is 0.345. The first-order valence-electron chi connectivity index (χ1n) is 9.64. The minimum atomic E-state index is -4.33. The van der Waals surface area contributed by atoms with E-state index in [0.29, 0.717) is 19.4 Å². The monoisotopic (exact) mass is 455 g/mol. The fourth-order valence-electron chi connectivity index (χ4n) is 3.50. The number of unbranched alkanes of at least 4 members (excludes halogenated alkanes) is 1. The van der Waals surface area contributed by atoms with E-state index in [2.05, 4.69) is 0 Å². The highest BCUT2D eigenvalue weighted by atomic mass is 32.2. The number of rotatable bonds is 8. The van der Waals surface area contributed by atoms with Crippen LogP contribution in [0.15, 0.2) is 58.7 Å². The lowest BCUT2D eigenvalue weighted by atomic mass is 9.83. The van der Waals surface area contributed by atoms with Crippen molar-refractivity contribution in [2.75, 3.05) is 17.2 Å². The normalized spacial score (nSPS) is 18.4. The Bertz CT molecular complexity index is 1100. The number of benzene rings is 1. The zero-order valence-electron chi connectivity index (χ0n) is 17.7. The van der Waals surface area contributed by atoms with Crippen LogP contribution in [-0.4, -0.2) is 38.2 Å². The van der Waals surface area contributed by atoms with Crippen molar-refractivity contribution in [3.63, 3.8) is 0 Å². The zero-order chi connectivity index (χ0) is 22.7. The number of nitrogens with zero attached hydrogens (tertiary/aromatic N) is 1. The molecular weight excluding hydrogens is 426 g/mol. The van der Waals surface area contributed by atoms with Crippen LogP contribution < -0.4 is 4.90 Å². The van der Waals surface area contributed by atoms with E-state index in [1.54, 1.807) is 6.07 Å². The smallest absolute Gasteiger partial charge is 0.294 e. The van der Waals surface area contributed by atoms with Crippen molar-refractivity contribution in [3.05, 3.63) is 59.3 Å². The molecular formula is C21H29NO6S2. The summed E-state index contributed by atoms with van der Waals surface area (Å²) >= 11 is 0. The number of fused-ring (bicyclic) bond motifs is 1. The van der Waals surface area contributed by atoms with E-state index in [4.69, 9.17) is 4.55 Å². The van der Waals surface area contributed by atoms with Gasteiger partial charge in [0, 0.05) is 23.3 Å². The maximum absolute atomic E-state index is 11.6. The number of hydrogen-bond donors (Lipinski definition) is 2. The first kappa shape index (κ1) is 24.3. The Balaban J connectivity index is 2.46. The van der Waals surface area contributed by atoms with Gasteiger partial charge in [0.15, 0.2) is 0 Å². The summed E-state index contributed by atoms with van der Waals surface area (Å²) in [6, 6.07) is 4.50. The lowest BCUT2D eigenvalue weighted by Crippen LogP contribution is -2.27. The summed E-state index contributed by atoms with van der Waals surface area (Å²) in [5.74, 6) is -0.307. The van der Waals surface area contributed by atoms with Crippen LogP contribution in [0.4, 0.5) is 5.69 Å². The molecule has 1 aliphatic rings. The minimum absolute atomic E-state index is 0.165. The lowest BCUT2D eigenvalue weighted by molar-refractivity contribution is 0.478. The molecule has 7 nitrogen and oxygen atoms in total. The first-order valence-corrected chi connectivity index (χ1v) is 12.7. The predicted molar refractivity (Wildman–Crippen MR) is 119 cm³/mol. The van der Waals surface area contributed by atoms with Gasteiger partial charge in [-0.3, -0.25) is 9.11 Å². The third kappa shape index (κ3) is 5.81. The Morgan fingerprint density at radius 1 is 1.13 bits per heavy atom. The summed E-state index contributed by atoms with van der Waals surface area (Å²) in [6.07, 6.45) is 8.65. The van der Waals surface area contributed by atoms with Gasteiger partial charge in [-0.2, -0.15) is 16.8 Å². The topological polar surface area (TPSA) is 112 Å². The molecule has 30 heavy (non-hydrogen) atoms. The summed E-state index contributed by atoms with van der Waals surface area (Å²) in [4.78, 5) is 1.87. The van der Waals surface area contributed by atoms with Crippen LogP contribution in [-0.2, 0) is 25.7 Å². The standard InChI is InChI=1S/C21H29NO6S2/c1-5-16(2)9-8-10-20-21(3,4)18-15-17(30(26,27)28)11-12-19(18)22(20)13-6-7-14-29(23,24)25/h5,8-12,15H,6-7,13-14H2,1-4H3,(H,23,24,25)(H,26,27,28)/b9-8?,16-5?,20-10+. The van der Waals surface area contributed by atoms with Gasteiger partial charge >= 0.3 is 0 Å². The highest BCUT2D eigenvalue weighted by Gasteiger charge is 2.40. The Kier molecular flexibility index (Phi) is 7.34. The molecule has 1 heterocycles. The van der Waals surface area contributed by atoms with Crippen LogP contribution in [0.5, 0.6) is 0 Å². The van der Waals surface area contributed by atoms with Gasteiger partial charge in [-0.05, 0) is 56.5 Å². The lowest BCUT2D eigenvalue weighted by Gasteiger charge is -2.27. The maximum Gasteiger partial charge on any atom is 0.294 e. The van der Waals surface area contributed by atoms with Crippen molar-refractivity contribution >= 4 is 25.9 Å². The predicted octanol–water partition coefficient (Wildman–Crippen LogP) is 4.11. The van der Waals surface area contributed by atoms with E-state index in [-0.39, 0.29) is 10.6 Å². The second-order valence-corrected chi connectivity index (χ2v) is 10.9. The molecule has 0 spiro atoms. The van der Waals surface area contributed by atoms with Crippen LogP contribution in [0.2, 0.25) is 0 Å². The molecule has 1 aliphatic heterocycles. The Hall–Kier alpha value is -1.94. The van der Waals surface area contributed by atoms with E-state index < -0.39 is 25.7 Å². The van der Waals surface area contributed by atoms with Gasteiger partial charge in [-0.15, -0.1) is 0 Å². The molecule has 1 aromatic rings. The molecule has 0 aromatic heterocycles. The summed E-state index contributed by atoms with van der Waals surface area (Å²) in [5, 5.41) is 0. The number of hydrogen-bond acceptors (Lipinski definition) is 5. The molecule has 0 fully saturated rings. The van der Waals surface area contributed by atoms with Gasteiger partial charge in [-0.25, -0.2) is 0 Å². The zero-order valence-corrected chi connectivity index (χ0v) is 19.3. The van der Waals surface area contributed by atoms with Crippen molar-refractivity contribution in [1.29, 1.82) is 0 Å². The van der Waals surface area contributed by atoms with Crippen molar-refractivity contribution in [3.8, 4) is 0 Å². The van der Waals surface area contributed by atoms with E-state index in [0.717, 1.165) is 22.5 Å². The summed E-state index contributed by atoms with van der Waals surface area (Å²) in [7, 11) is -8.34. The largest absolute Gasteiger partial charge is 0.344 e. The van der Waals surface area contributed by atoms with Crippen LogP contribution >= 0.6 is 0 Å². The molecule has 2 rings (SSSR count). The van der Waals surface area contributed by atoms with E-state index in [1.165, 1.54) is 12.1 Å². The van der Waals surface area contributed by atoms with Crippen LogP contribution in [0.25, 0.3) is 0 Å². The Labute approximate surface area is 179 Å². The average molecular weight is 456 g/mol. The van der Waals surface area contributed by atoms with Crippen molar-refractivity contribution in [2.45, 2.75) is 50.8 Å². The molecule has 9 heteroatoms. The third-order valence-electron chi connectivity index (χ3n) is 5.26. The molecule has 166 valence electrons. The van der Waals surface area contributed by atoms with Crippen molar-refractivity contribution in [1.82, 2.24) is 0 Å². The summed E-state index contributed by atoms with van der Waals surface area (Å²) in [6.45, 7) is 8.37. The molecule has 0 atom stereocenters. The second-order valence-electron chi connectivity index (χ2n) is 7.87. The van der Waals surface area contributed by atoms with Crippen LogP contribution in [0, 0.1) is 0 Å². The first-order chi connectivity index (χ1) is 13.8. The van der Waals surface area contributed by atoms with Crippen LogP contribution in [0.3, 0.4) is 0 Å². The van der Waals surface area contributed by atoms with E-state index in [9.17, 15) is 21.4 Å². The molecule has 0 saturated heterocycles. The average Bonchev–Trinajstić information content (AvgIpc) is 2.84. The summed E-state index contributed by atoms with van der Waals surface area (Å²) in [5.41, 5.74) is 3.05. The van der Waals surface area contributed by atoms with Gasteiger partial charge in [0.1, 0.15) is 0 Å². The molecule has 0 aliphatic carbocycles. The molecule has 1 aromatic carbocycles. The van der Waals surface area contributed by atoms with Gasteiger partial charge in [0.05, 0.1) is 10.6 Å². The van der Waals surface area contributed by atoms with Gasteiger partial charge in [0.25, 0.3) is 20.2 Å². The fourth-order valence-corrected chi connectivity index (χ4v) is 4.57.